The summed E-state index contributed by atoms with van der Waals surface area (Å²) in [6.07, 6.45) is 0.803. The molecule has 15 heavy (non-hydrogen) atoms. The zero-order chi connectivity index (χ0) is 11.7. The van der Waals surface area contributed by atoms with Crippen molar-refractivity contribution < 1.29 is 9.53 Å². The second-order valence-electron chi connectivity index (χ2n) is 3.55. The Hall–Kier alpha value is -0.610. The molecule has 1 atom stereocenters. The highest BCUT2D eigenvalue weighted by Gasteiger charge is 2.18. The lowest BCUT2D eigenvalue weighted by atomic mass is 10.2. The van der Waals surface area contributed by atoms with Gasteiger partial charge in [0.2, 0.25) is 0 Å². The fourth-order valence-electron chi connectivity index (χ4n) is 1.30. The summed E-state index contributed by atoms with van der Waals surface area (Å²) in [6, 6.07) is -0.163. The Morgan fingerprint density at radius 1 is 1.40 bits per heavy atom. The zero-order valence-electron chi connectivity index (χ0n) is 10.4. The molecule has 1 N–H and O–H groups in total. The van der Waals surface area contributed by atoms with Crippen molar-refractivity contribution in [1.82, 2.24) is 10.2 Å². The van der Waals surface area contributed by atoms with Crippen LogP contribution in [0.25, 0.3) is 0 Å². The fraction of sp³-hybridized carbons (Fsp3) is 0.909. The van der Waals surface area contributed by atoms with Gasteiger partial charge in [-0.25, -0.2) is 0 Å². The summed E-state index contributed by atoms with van der Waals surface area (Å²) < 4.78 is 5.00. The summed E-state index contributed by atoms with van der Waals surface area (Å²) in [5.74, 6) is -0.135. The van der Waals surface area contributed by atoms with Crippen molar-refractivity contribution in [3.05, 3.63) is 0 Å². The average Bonchev–Trinajstić information content (AvgIpc) is 2.23. The van der Waals surface area contributed by atoms with Gasteiger partial charge in [0, 0.05) is 0 Å². The molecule has 0 rings (SSSR count). The van der Waals surface area contributed by atoms with Crippen LogP contribution >= 0.6 is 0 Å². The molecule has 1 unspecified atom stereocenters. The molecule has 0 heterocycles. The van der Waals surface area contributed by atoms with Crippen LogP contribution in [0.3, 0.4) is 0 Å². The number of rotatable bonds is 8. The molecule has 0 aliphatic rings. The van der Waals surface area contributed by atoms with E-state index in [9.17, 15) is 4.79 Å². The van der Waals surface area contributed by atoms with Crippen LogP contribution < -0.4 is 5.32 Å². The number of hydrogen-bond donors (Lipinski definition) is 1. The normalized spacial score (nSPS) is 12.9. The molecule has 0 spiro atoms. The third-order valence-electron chi connectivity index (χ3n) is 2.36. The van der Waals surface area contributed by atoms with Gasteiger partial charge in [-0.1, -0.05) is 13.8 Å². The molecule has 0 amide bonds. The van der Waals surface area contributed by atoms with Crippen LogP contribution in [0.15, 0.2) is 0 Å². The van der Waals surface area contributed by atoms with E-state index in [1.165, 1.54) is 0 Å². The standard InChI is InChI=1S/C11H24N2O2/c1-5-12-10(11(14)15-7-3)8-9-13(4)6-2/h10,12H,5-9H2,1-4H3. The summed E-state index contributed by atoms with van der Waals surface area (Å²) >= 11 is 0. The molecule has 0 fully saturated rings. The van der Waals surface area contributed by atoms with Crippen molar-refractivity contribution in [2.24, 2.45) is 0 Å². The number of nitrogens with one attached hydrogen (secondary N) is 1. The van der Waals surface area contributed by atoms with Crippen molar-refractivity contribution in [3.8, 4) is 0 Å². The molecule has 0 aromatic carbocycles. The average molecular weight is 216 g/mol. The summed E-state index contributed by atoms with van der Waals surface area (Å²) in [7, 11) is 2.05. The molecule has 4 heteroatoms. The van der Waals surface area contributed by atoms with Crippen molar-refractivity contribution in [3.63, 3.8) is 0 Å². The van der Waals surface area contributed by atoms with Crippen molar-refractivity contribution in [1.29, 1.82) is 0 Å². The van der Waals surface area contributed by atoms with Gasteiger partial charge in [0.15, 0.2) is 0 Å². The van der Waals surface area contributed by atoms with E-state index in [0.29, 0.717) is 6.61 Å². The number of likely N-dealkylation sites (N-methyl/N-ethyl adjacent to an activating group) is 1. The van der Waals surface area contributed by atoms with Crippen molar-refractivity contribution in [2.75, 3.05) is 33.3 Å². The number of carbonyl (C=O) groups excluding carboxylic acids is 1. The molecular weight excluding hydrogens is 192 g/mol. The highest BCUT2D eigenvalue weighted by atomic mass is 16.5. The van der Waals surface area contributed by atoms with Crippen LogP contribution in [-0.4, -0.2) is 50.2 Å². The second-order valence-corrected chi connectivity index (χ2v) is 3.55. The van der Waals surface area contributed by atoms with Gasteiger partial charge in [0.1, 0.15) is 6.04 Å². The van der Waals surface area contributed by atoms with E-state index in [4.69, 9.17) is 4.74 Å². The first-order chi connectivity index (χ1) is 7.15. The fourth-order valence-corrected chi connectivity index (χ4v) is 1.30. The highest BCUT2D eigenvalue weighted by molar-refractivity contribution is 5.75. The first-order valence-corrected chi connectivity index (χ1v) is 5.74. The molecule has 0 aliphatic heterocycles. The van der Waals surface area contributed by atoms with Gasteiger partial charge in [-0.3, -0.25) is 4.79 Å². The Kier molecular flexibility index (Phi) is 8.33. The lowest BCUT2D eigenvalue weighted by molar-refractivity contribution is -0.145. The number of ether oxygens (including phenoxy) is 1. The maximum Gasteiger partial charge on any atom is 0.323 e. The van der Waals surface area contributed by atoms with E-state index in [1.807, 2.05) is 20.9 Å². The summed E-state index contributed by atoms with van der Waals surface area (Å²) in [6.45, 7) is 9.08. The predicted octanol–water partition coefficient (Wildman–Crippen LogP) is 0.869. The van der Waals surface area contributed by atoms with E-state index in [2.05, 4.69) is 17.1 Å². The molecule has 0 saturated carbocycles. The maximum absolute atomic E-state index is 11.5. The highest BCUT2D eigenvalue weighted by Crippen LogP contribution is 1.98. The first kappa shape index (κ1) is 14.4. The van der Waals surface area contributed by atoms with Crippen LogP contribution in [0, 0.1) is 0 Å². The van der Waals surface area contributed by atoms with Crippen LogP contribution in [0.4, 0.5) is 0 Å². The van der Waals surface area contributed by atoms with Gasteiger partial charge < -0.3 is 15.0 Å². The lowest BCUT2D eigenvalue weighted by Gasteiger charge is -2.19. The molecule has 0 aromatic heterocycles. The summed E-state index contributed by atoms with van der Waals surface area (Å²) in [5.41, 5.74) is 0. The Bertz CT molecular complexity index is 174. The first-order valence-electron chi connectivity index (χ1n) is 5.74. The molecule has 4 nitrogen and oxygen atoms in total. The predicted molar refractivity (Wildman–Crippen MR) is 61.9 cm³/mol. The third kappa shape index (κ3) is 6.47. The van der Waals surface area contributed by atoms with Gasteiger partial charge in [0.25, 0.3) is 0 Å². The van der Waals surface area contributed by atoms with Crippen LogP contribution in [-0.2, 0) is 9.53 Å². The number of hydrogen-bond acceptors (Lipinski definition) is 4. The van der Waals surface area contributed by atoms with Crippen molar-refractivity contribution in [2.45, 2.75) is 33.2 Å². The van der Waals surface area contributed by atoms with E-state index in [1.54, 1.807) is 0 Å². The largest absolute Gasteiger partial charge is 0.465 e. The minimum absolute atomic E-state index is 0.135. The maximum atomic E-state index is 11.5. The van der Waals surface area contributed by atoms with Crippen molar-refractivity contribution >= 4 is 5.97 Å². The number of nitrogens with zero attached hydrogens (tertiary/aromatic N) is 1. The molecule has 0 aliphatic carbocycles. The van der Waals surface area contributed by atoms with Gasteiger partial charge in [-0.15, -0.1) is 0 Å². The van der Waals surface area contributed by atoms with Crippen LogP contribution in [0.2, 0.25) is 0 Å². The Morgan fingerprint density at radius 3 is 2.53 bits per heavy atom. The van der Waals surface area contributed by atoms with Gasteiger partial charge in [-0.2, -0.15) is 0 Å². The van der Waals surface area contributed by atoms with E-state index in [-0.39, 0.29) is 12.0 Å². The van der Waals surface area contributed by atoms with E-state index < -0.39 is 0 Å². The van der Waals surface area contributed by atoms with E-state index in [0.717, 1.165) is 26.1 Å². The second kappa shape index (κ2) is 8.68. The van der Waals surface area contributed by atoms with Gasteiger partial charge in [-0.05, 0) is 40.0 Å². The summed E-state index contributed by atoms with van der Waals surface area (Å²) in [4.78, 5) is 13.7. The smallest absolute Gasteiger partial charge is 0.323 e. The van der Waals surface area contributed by atoms with Crippen LogP contribution in [0.1, 0.15) is 27.2 Å². The lowest BCUT2D eigenvalue weighted by Crippen LogP contribution is -2.40. The van der Waals surface area contributed by atoms with Gasteiger partial charge in [0.05, 0.1) is 6.61 Å². The van der Waals surface area contributed by atoms with E-state index >= 15 is 0 Å². The Labute approximate surface area is 93.0 Å². The molecular formula is C11H24N2O2. The molecule has 0 aromatic rings. The minimum Gasteiger partial charge on any atom is -0.465 e. The molecule has 0 radical (unpaired) electrons. The van der Waals surface area contributed by atoms with Crippen LogP contribution in [0.5, 0.6) is 0 Å². The Balaban J connectivity index is 3.97. The number of esters is 1. The monoisotopic (exact) mass is 216 g/mol. The number of carbonyl (C=O) groups is 1. The Morgan fingerprint density at radius 2 is 2.07 bits per heavy atom. The third-order valence-corrected chi connectivity index (χ3v) is 2.36. The quantitative estimate of drug-likeness (QED) is 0.611. The molecule has 0 bridgehead atoms. The van der Waals surface area contributed by atoms with Gasteiger partial charge >= 0.3 is 5.97 Å². The molecule has 90 valence electrons. The molecule has 0 saturated heterocycles. The SMILES string of the molecule is CCNC(CCN(C)CC)C(=O)OCC. The topological polar surface area (TPSA) is 41.6 Å². The summed E-state index contributed by atoms with van der Waals surface area (Å²) in [5, 5.41) is 3.15. The minimum atomic E-state index is -0.163. The zero-order valence-corrected chi connectivity index (χ0v) is 10.4.